The van der Waals surface area contributed by atoms with Crippen LogP contribution < -0.4 is 0 Å². The molecule has 0 spiro atoms. The Kier molecular flexibility index (Phi) is 4.01. The number of carbonyl (C=O) groups excluding carboxylic acids is 1. The Morgan fingerprint density at radius 2 is 2.00 bits per heavy atom. The molecular formula is C16H16N4O3. The van der Waals surface area contributed by atoms with Crippen molar-refractivity contribution in [1.82, 2.24) is 19.9 Å². The zero-order chi connectivity index (χ0) is 16.4. The van der Waals surface area contributed by atoms with Crippen LogP contribution in [0.2, 0.25) is 0 Å². The molecule has 0 aromatic carbocycles. The summed E-state index contributed by atoms with van der Waals surface area (Å²) < 4.78 is 0. The van der Waals surface area contributed by atoms with Crippen LogP contribution in [0, 0.1) is 12.8 Å². The lowest BCUT2D eigenvalue weighted by Crippen LogP contribution is -2.30. The van der Waals surface area contributed by atoms with Crippen molar-refractivity contribution < 1.29 is 14.7 Å². The maximum absolute atomic E-state index is 12.5. The highest BCUT2D eigenvalue weighted by molar-refractivity contribution is 5.92. The minimum absolute atomic E-state index is 0.144. The molecule has 0 saturated carbocycles. The maximum atomic E-state index is 12.5. The number of aryl methyl sites for hydroxylation is 1. The molecule has 0 bridgehead atoms. The van der Waals surface area contributed by atoms with Gasteiger partial charge in [-0.3, -0.25) is 19.6 Å². The molecule has 1 aliphatic heterocycles. The van der Waals surface area contributed by atoms with Gasteiger partial charge >= 0.3 is 5.97 Å². The van der Waals surface area contributed by atoms with Crippen LogP contribution in [0.4, 0.5) is 0 Å². The first-order chi connectivity index (χ1) is 11.1. The van der Waals surface area contributed by atoms with E-state index in [1.807, 2.05) is 6.07 Å². The average Bonchev–Trinajstić information content (AvgIpc) is 3.01. The number of hydrogen-bond donors (Lipinski definition) is 1. The standard InChI is InChI=1S/C16H16N4O3/c1-10-6-19-14(7-18-10)15(21)20-8-11(12(9-20)16(22)23)13-4-2-3-5-17-13/h2-7,11-12H,8-9H2,1H3,(H,22,23)/t11-,12-/m1/s1. The molecule has 0 radical (unpaired) electrons. The molecule has 0 unspecified atom stereocenters. The minimum atomic E-state index is -0.925. The lowest BCUT2D eigenvalue weighted by molar-refractivity contribution is -0.141. The molecule has 7 nitrogen and oxygen atoms in total. The van der Waals surface area contributed by atoms with Crippen LogP contribution in [-0.4, -0.2) is 49.9 Å². The molecule has 1 saturated heterocycles. The summed E-state index contributed by atoms with van der Waals surface area (Å²) in [5.74, 6) is -2.23. The second-order valence-electron chi connectivity index (χ2n) is 5.56. The fourth-order valence-corrected chi connectivity index (χ4v) is 2.78. The minimum Gasteiger partial charge on any atom is -0.481 e. The molecule has 1 aliphatic rings. The van der Waals surface area contributed by atoms with Gasteiger partial charge in [0.05, 0.1) is 17.8 Å². The van der Waals surface area contributed by atoms with E-state index in [0.29, 0.717) is 12.2 Å². The van der Waals surface area contributed by atoms with Gasteiger partial charge in [-0.15, -0.1) is 0 Å². The summed E-state index contributed by atoms with van der Waals surface area (Å²) in [6.45, 7) is 2.24. The van der Waals surface area contributed by atoms with E-state index < -0.39 is 11.9 Å². The van der Waals surface area contributed by atoms with Crippen LogP contribution in [0.1, 0.15) is 27.8 Å². The Morgan fingerprint density at radius 3 is 2.61 bits per heavy atom. The highest BCUT2D eigenvalue weighted by atomic mass is 16.4. The molecule has 2 aromatic rings. The van der Waals surface area contributed by atoms with E-state index >= 15 is 0 Å². The zero-order valence-electron chi connectivity index (χ0n) is 12.6. The van der Waals surface area contributed by atoms with E-state index in [4.69, 9.17) is 0 Å². The van der Waals surface area contributed by atoms with Crippen LogP contribution in [0.15, 0.2) is 36.8 Å². The van der Waals surface area contributed by atoms with Gasteiger partial charge in [-0.25, -0.2) is 4.98 Å². The van der Waals surface area contributed by atoms with Gasteiger partial charge in [-0.05, 0) is 19.1 Å². The van der Waals surface area contributed by atoms with Gasteiger partial charge in [0.25, 0.3) is 5.91 Å². The predicted octanol–water partition coefficient (Wildman–Crippen LogP) is 1.12. The van der Waals surface area contributed by atoms with Gasteiger partial charge in [0.1, 0.15) is 5.69 Å². The van der Waals surface area contributed by atoms with Gasteiger partial charge in [-0.2, -0.15) is 0 Å². The highest BCUT2D eigenvalue weighted by Gasteiger charge is 2.41. The quantitative estimate of drug-likeness (QED) is 0.912. The molecule has 1 amide bonds. The van der Waals surface area contributed by atoms with Gasteiger partial charge in [0.15, 0.2) is 0 Å². The summed E-state index contributed by atoms with van der Waals surface area (Å²) in [5, 5.41) is 9.46. The van der Waals surface area contributed by atoms with E-state index in [0.717, 1.165) is 5.69 Å². The van der Waals surface area contributed by atoms with Crippen LogP contribution in [0.25, 0.3) is 0 Å². The number of likely N-dealkylation sites (tertiary alicyclic amines) is 1. The van der Waals surface area contributed by atoms with Crippen molar-refractivity contribution >= 4 is 11.9 Å². The normalized spacial score (nSPS) is 20.5. The highest BCUT2D eigenvalue weighted by Crippen LogP contribution is 2.32. The van der Waals surface area contributed by atoms with Crippen LogP contribution >= 0.6 is 0 Å². The maximum Gasteiger partial charge on any atom is 0.309 e. The zero-order valence-corrected chi connectivity index (χ0v) is 12.6. The lowest BCUT2D eigenvalue weighted by Gasteiger charge is -2.15. The number of rotatable bonds is 3. The summed E-state index contributed by atoms with van der Waals surface area (Å²) in [6, 6.07) is 5.39. The largest absolute Gasteiger partial charge is 0.481 e. The third kappa shape index (κ3) is 3.03. The fraction of sp³-hybridized carbons (Fsp3) is 0.312. The Morgan fingerprint density at radius 1 is 1.17 bits per heavy atom. The molecule has 23 heavy (non-hydrogen) atoms. The second kappa shape index (κ2) is 6.12. The molecular weight excluding hydrogens is 296 g/mol. The number of carbonyl (C=O) groups is 2. The first-order valence-electron chi connectivity index (χ1n) is 7.28. The molecule has 3 heterocycles. The molecule has 3 rings (SSSR count). The third-order valence-electron chi connectivity index (χ3n) is 3.99. The van der Waals surface area contributed by atoms with Crippen LogP contribution in [-0.2, 0) is 4.79 Å². The smallest absolute Gasteiger partial charge is 0.309 e. The Balaban J connectivity index is 1.84. The molecule has 1 N–H and O–H groups in total. The van der Waals surface area contributed by atoms with Gasteiger partial charge in [0, 0.05) is 37.1 Å². The number of hydrogen-bond acceptors (Lipinski definition) is 5. The van der Waals surface area contributed by atoms with Crippen molar-refractivity contribution in [2.45, 2.75) is 12.8 Å². The molecule has 2 atom stereocenters. The van der Waals surface area contributed by atoms with Gasteiger partial charge < -0.3 is 10.0 Å². The SMILES string of the molecule is Cc1cnc(C(=O)N2C[C@@H](C(=O)O)[C@H](c3ccccn3)C2)cn1. The number of aromatic nitrogens is 3. The van der Waals surface area contributed by atoms with Gasteiger partial charge in [0.2, 0.25) is 0 Å². The summed E-state index contributed by atoms with van der Waals surface area (Å²) in [7, 11) is 0. The van der Waals surface area contributed by atoms with E-state index in [9.17, 15) is 14.7 Å². The average molecular weight is 312 g/mol. The van der Waals surface area contributed by atoms with Gasteiger partial charge in [-0.1, -0.05) is 6.07 Å². The second-order valence-corrected chi connectivity index (χ2v) is 5.56. The Bertz CT molecular complexity index is 718. The number of carboxylic acids is 1. The number of pyridine rings is 1. The van der Waals surface area contributed by atoms with Crippen molar-refractivity contribution in [3.05, 3.63) is 53.9 Å². The lowest BCUT2D eigenvalue weighted by atomic mass is 9.93. The van der Waals surface area contributed by atoms with Crippen LogP contribution in [0.3, 0.4) is 0 Å². The fourth-order valence-electron chi connectivity index (χ4n) is 2.78. The Labute approximate surface area is 133 Å². The predicted molar refractivity (Wildman–Crippen MR) is 80.8 cm³/mol. The van der Waals surface area contributed by atoms with E-state index in [2.05, 4.69) is 15.0 Å². The van der Waals surface area contributed by atoms with Crippen molar-refractivity contribution in [2.75, 3.05) is 13.1 Å². The summed E-state index contributed by atoms with van der Waals surface area (Å²) in [4.78, 5) is 37.9. The van der Waals surface area contributed by atoms with Crippen LogP contribution in [0.5, 0.6) is 0 Å². The first-order valence-corrected chi connectivity index (χ1v) is 7.28. The topological polar surface area (TPSA) is 96.3 Å². The molecule has 2 aromatic heterocycles. The molecule has 0 aliphatic carbocycles. The summed E-state index contributed by atoms with van der Waals surface area (Å²) in [6.07, 6.45) is 4.57. The molecule has 1 fully saturated rings. The van der Waals surface area contributed by atoms with E-state index in [-0.39, 0.29) is 24.1 Å². The number of amides is 1. The van der Waals surface area contributed by atoms with E-state index in [1.165, 1.54) is 17.3 Å². The van der Waals surface area contributed by atoms with Crippen molar-refractivity contribution in [3.8, 4) is 0 Å². The first kappa shape index (κ1) is 15.1. The summed E-state index contributed by atoms with van der Waals surface area (Å²) in [5.41, 5.74) is 1.63. The number of nitrogens with zero attached hydrogens (tertiary/aromatic N) is 4. The van der Waals surface area contributed by atoms with Crippen molar-refractivity contribution in [1.29, 1.82) is 0 Å². The number of carboxylic acid groups (broad SMARTS) is 1. The van der Waals surface area contributed by atoms with Crippen molar-refractivity contribution in [3.63, 3.8) is 0 Å². The van der Waals surface area contributed by atoms with E-state index in [1.54, 1.807) is 25.3 Å². The number of aliphatic carboxylic acids is 1. The third-order valence-corrected chi connectivity index (χ3v) is 3.99. The monoisotopic (exact) mass is 312 g/mol. The molecule has 7 heteroatoms. The van der Waals surface area contributed by atoms with Crippen molar-refractivity contribution in [2.24, 2.45) is 5.92 Å². The molecule has 118 valence electrons. The Hall–Kier alpha value is -2.83. The summed E-state index contributed by atoms with van der Waals surface area (Å²) >= 11 is 0.